The van der Waals surface area contributed by atoms with Crippen molar-refractivity contribution in [2.24, 2.45) is 0 Å². The zero-order valence-corrected chi connectivity index (χ0v) is 17.6. The number of thiophene rings is 1. The highest BCUT2D eigenvalue weighted by atomic mass is 35.5. The molecule has 0 atom stereocenters. The second kappa shape index (κ2) is 5.88. The van der Waals surface area contributed by atoms with Crippen LogP contribution < -0.4 is 0 Å². The van der Waals surface area contributed by atoms with Crippen molar-refractivity contribution >= 4 is 43.2 Å². The molecule has 3 aromatic carbocycles. The van der Waals surface area contributed by atoms with Gasteiger partial charge in [0.25, 0.3) is 0 Å². The Morgan fingerprint density at radius 1 is 0.793 bits per heavy atom. The first-order valence-corrected chi connectivity index (χ1v) is 10.8. The van der Waals surface area contributed by atoms with Crippen molar-refractivity contribution in [3.05, 3.63) is 83.1 Å². The molecule has 0 unspecified atom stereocenters. The molecule has 0 radical (unpaired) electrons. The largest absolute Gasteiger partial charge is 0.223 e. The molecule has 0 spiro atoms. The summed E-state index contributed by atoms with van der Waals surface area (Å²) in [6.45, 7) is 4.59. The summed E-state index contributed by atoms with van der Waals surface area (Å²) < 4.78 is 2.29. The van der Waals surface area contributed by atoms with E-state index in [1.165, 1.54) is 27.0 Å². The molecule has 0 saturated carbocycles. The highest BCUT2D eigenvalue weighted by molar-refractivity contribution is 7.26. The third-order valence-corrected chi connectivity index (χ3v) is 7.39. The number of rotatable bonds is 1. The Labute approximate surface area is 177 Å². The number of benzene rings is 3. The van der Waals surface area contributed by atoms with Crippen LogP contribution in [0.25, 0.3) is 42.7 Å². The molecule has 140 valence electrons. The van der Waals surface area contributed by atoms with Crippen LogP contribution in [0, 0.1) is 0 Å². The van der Waals surface area contributed by atoms with Crippen LogP contribution in [0.1, 0.15) is 25.0 Å². The van der Waals surface area contributed by atoms with Gasteiger partial charge in [0, 0.05) is 21.1 Å². The van der Waals surface area contributed by atoms with Gasteiger partial charge in [-0.1, -0.05) is 74.5 Å². The van der Waals surface area contributed by atoms with Crippen molar-refractivity contribution in [2.75, 3.05) is 0 Å². The highest BCUT2D eigenvalue weighted by Crippen LogP contribution is 2.52. The molecule has 0 amide bonds. The molecule has 4 heteroatoms. The monoisotopic (exact) mass is 412 g/mol. The fourth-order valence-electron chi connectivity index (χ4n) is 4.70. The highest BCUT2D eigenvalue weighted by Gasteiger charge is 2.37. The summed E-state index contributed by atoms with van der Waals surface area (Å²) in [7, 11) is 0. The number of aromatic nitrogens is 2. The topological polar surface area (TPSA) is 25.8 Å². The van der Waals surface area contributed by atoms with Crippen LogP contribution in [0.2, 0.25) is 5.28 Å². The molecule has 29 heavy (non-hydrogen) atoms. The van der Waals surface area contributed by atoms with Crippen LogP contribution in [0.4, 0.5) is 0 Å². The molecule has 0 saturated heterocycles. The maximum absolute atomic E-state index is 6.42. The molecular weight excluding hydrogens is 396 g/mol. The molecule has 6 rings (SSSR count). The summed E-state index contributed by atoms with van der Waals surface area (Å²) in [6.07, 6.45) is 0. The molecule has 0 bridgehead atoms. The molecule has 1 aliphatic rings. The number of hydrogen-bond acceptors (Lipinski definition) is 3. The van der Waals surface area contributed by atoms with E-state index in [1.54, 1.807) is 11.3 Å². The van der Waals surface area contributed by atoms with Crippen molar-refractivity contribution in [2.45, 2.75) is 19.3 Å². The van der Waals surface area contributed by atoms with Crippen molar-refractivity contribution < 1.29 is 0 Å². The predicted molar refractivity (Wildman–Crippen MR) is 123 cm³/mol. The van der Waals surface area contributed by atoms with Gasteiger partial charge in [-0.15, -0.1) is 11.3 Å². The van der Waals surface area contributed by atoms with Crippen LogP contribution in [-0.4, -0.2) is 9.97 Å². The van der Waals surface area contributed by atoms with E-state index in [4.69, 9.17) is 16.6 Å². The first-order valence-electron chi connectivity index (χ1n) is 9.64. The van der Waals surface area contributed by atoms with Crippen LogP contribution in [0.3, 0.4) is 0 Å². The van der Waals surface area contributed by atoms with Crippen molar-refractivity contribution in [3.8, 4) is 22.4 Å². The lowest BCUT2D eigenvalue weighted by Crippen LogP contribution is -2.14. The minimum atomic E-state index is -0.0436. The number of nitrogens with zero attached hydrogens (tertiary/aromatic N) is 2. The molecule has 5 aromatic rings. The van der Waals surface area contributed by atoms with Gasteiger partial charge in [0.15, 0.2) is 0 Å². The Balaban J connectivity index is 1.75. The van der Waals surface area contributed by atoms with E-state index in [0.717, 1.165) is 26.9 Å². The summed E-state index contributed by atoms with van der Waals surface area (Å²) in [5, 5.41) is 1.42. The lowest BCUT2D eigenvalue weighted by atomic mass is 9.82. The fourth-order valence-corrected chi connectivity index (χ4v) is 6.01. The van der Waals surface area contributed by atoms with Crippen LogP contribution in [-0.2, 0) is 5.41 Å². The standard InChI is InChI=1S/C25H17ClN2S/c1-25(2)17-11-5-3-8-14(17)20-16(10-7-12-18(20)25)22-23-21(27-24(26)28-22)15-9-4-6-13-19(15)29-23/h3-13H,1-2H3. The van der Waals surface area contributed by atoms with E-state index in [0.29, 0.717) is 5.28 Å². The molecule has 0 aliphatic heterocycles. The Morgan fingerprint density at radius 3 is 2.41 bits per heavy atom. The Hall–Kier alpha value is -2.75. The second-order valence-corrected chi connectivity index (χ2v) is 9.41. The predicted octanol–water partition coefficient (Wildman–Crippen LogP) is 7.47. The summed E-state index contributed by atoms with van der Waals surface area (Å²) in [5.41, 5.74) is 8.18. The Bertz CT molecular complexity index is 1450. The summed E-state index contributed by atoms with van der Waals surface area (Å²) in [4.78, 5) is 9.31. The molecule has 0 N–H and O–H groups in total. The molecular formula is C25H17ClN2S. The van der Waals surface area contributed by atoms with E-state index in [9.17, 15) is 0 Å². The molecule has 2 heterocycles. The van der Waals surface area contributed by atoms with E-state index >= 15 is 0 Å². The molecule has 2 aromatic heterocycles. The number of halogens is 1. The Morgan fingerprint density at radius 2 is 1.52 bits per heavy atom. The van der Waals surface area contributed by atoms with Gasteiger partial charge in [0.1, 0.15) is 0 Å². The summed E-state index contributed by atoms with van der Waals surface area (Å²) in [5.74, 6) is 0. The average molecular weight is 413 g/mol. The van der Waals surface area contributed by atoms with Gasteiger partial charge in [-0.05, 0) is 39.9 Å². The van der Waals surface area contributed by atoms with Crippen molar-refractivity contribution in [3.63, 3.8) is 0 Å². The van der Waals surface area contributed by atoms with Gasteiger partial charge >= 0.3 is 0 Å². The third kappa shape index (κ3) is 2.29. The molecule has 2 nitrogen and oxygen atoms in total. The molecule has 0 fully saturated rings. The quantitative estimate of drug-likeness (QED) is 0.267. The van der Waals surface area contributed by atoms with E-state index in [1.807, 2.05) is 6.07 Å². The maximum atomic E-state index is 6.42. The van der Waals surface area contributed by atoms with E-state index in [2.05, 4.69) is 79.5 Å². The van der Waals surface area contributed by atoms with Gasteiger partial charge in [-0.25, -0.2) is 9.97 Å². The van der Waals surface area contributed by atoms with Crippen LogP contribution in [0.5, 0.6) is 0 Å². The van der Waals surface area contributed by atoms with Gasteiger partial charge < -0.3 is 0 Å². The smallest absolute Gasteiger partial charge is 0.216 e. The maximum Gasteiger partial charge on any atom is 0.223 e. The summed E-state index contributed by atoms with van der Waals surface area (Å²) in [6, 6.07) is 23.6. The van der Waals surface area contributed by atoms with Gasteiger partial charge in [0.2, 0.25) is 5.28 Å². The fraction of sp³-hybridized carbons (Fsp3) is 0.120. The number of hydrogen-bond donors (Lipinski definition) is 0. The first-order chi connectivity index (χ1) is 14.1. The van der Waals surface area contributed by atoms with Crippen molar-refractivity contribution in [1.29, 1.82) is 0 Å². The second-order valence-electron chi connectivity index (χ2n) is 8.02. The van der Waals surface area contributed by atoms with Gasteiger partial charge in [-0.2, -0.15) is 0 Å². The summed E-state index contributed by atoms with van der Waals surface area (Å²) >= 11 is 8.16. The lowest BCUT2D eigenvalue weighted by molar-refractivity contribution is 0.660. The molecule has 1 aliphatic carbocycles. The number of fused-ring (bicyclic) bond motifs is 6. The van der Waals surface area contributed by atoms with Gasteiger partial charge in [0.05, 0.1) is 15.9 Å². The van der Waals surface area contributed by atoms with E-state index < -0.39 is 0 Å². The van der Waals surface area contributed by atoms with Crippen LogP contribution >= 0.6 is 22.9 Å². The third-order valence-electron chi connectivity index (χ3n) is 6.06. The minimum absolute atomic E-state index is 0.0436. The van der Waals surface area contributed by atoms with Gasteiger partial charge in [-0.3, -0.25) is 0 Å². The zero-order chi connectivity index (χ0) is 19.8. The SMILES string of the molecule is CC1(C)c2ccccc2-c2c(-c3nc(Cl)nc4c3sc3ccccc34)cccc21. The van der Waals surface area contributed by atoms with E-state index in [-0.39, 0.29) is 5.41 Å². The Kier molecular flexibility index (Phi) is 3.48. The van der Waals surface area contributed by atoms with Crippen LogP contribution in [0.15, 0.2) is 66.7 Å². The lowest BCUT2D eigenvalue weighted by Gasteiger charge is -2.21. The normalized spacial score (nSPS) is 14.3. The van der Waals surface area contributed by atoms with Crippen molar-refractivity contribution in [1.82, 2.24) is 9.97 Å². The minimum Gasteiger partial charge on any atom is -0.216 e. The zero-order valence-electron chi connectivity index (χ0n) is 16.0. The first kappa shape index (κ1) is 17.1. The average Bonchev–Trinajstić information content (AvgIpc) is 3.21.